The molecule has 2 amide bonds. The maximum absolute atomic E-state index is 13.0. The highest BCUT2D eigenvalue weighted by Gasteiger charge is 2.31. The predicted octanol–water partition coefficient (Wildman–Crippen LogP) is 4.39. The highest BCUT2D eigenvalue weighted by atomic mass is 35.5. The largest absolute Gasteiger partial charge is 0.493 e. The smallest absolute Gasteiger partial charge is 0.254 e. The van der Waals surface area contributed by atoms with Gasteiger partial charge in [-0.15, -0.1) is 0 Å². The van der Waals surface area contributed by atoms with Crippen molar-refractivity contribution in [2.45, 2.75) is 51.9 Å². The molecule has 6 nitrogen and oxygen atoms in total. The second kappa shape index (κ2) is 10.9. The van der Waals surface area contributed by atoms with Gasteiger partial charge in [-0.2, -0.15) is 0 Å². The summed E-state index contributed by atoms with van der Waals surface area (Å²) in [6.07, 6.45) is 6.90. The lowest BCUT2D eigenvalue weighted by Crippen LogP contribution is -2.44. The number of carbonyl (C=O) groups is 2. The predicted molar refractivity (Wildman–Crippen MR) is 117 cm³/mol. The average molecular weight is 437 g/mol. The van der Waals surface area contributed by atoms with Crippen LogP contribution in [0.3, 0.4) is 0 Å². The SMILES string of the molecule is CCCOc1c(Cl)cc(C(=O)N2CCC(C(=O)N3CCCCCC3)CC2)cc1OC. The number of halogens is 1. The summed E-state index contributed by atoms with van der Waals surface area (Å²) in [5.74, 6) is 1.14. The van der Waals surface area contributed by atoms with Crippen LogP contribution in [0.1, 0.15) is 62.2 Å². The van der Waals surface area contributed by atoms with Gasteiger partial charge in [0.15, 0.2) is 11.5 Å². The maximum Gasteiger partial charge on any atom is 0.254 e. The van der Waals surface area contributed by atoms with Gasteiger partial charge in [0, 0.05) is 37.7 Å². The molecule has 2 aliphatic heterocycles. The summed E-state index contributed by atoms with van der Waals surface area (Å²) in [5.41, 5.74) is 0.484. The van der Waals surface area contributed by atoms with Crippen LogP contribution in [0.2, 0.25) is 5.02 Å². The molecule has 0 bridgehead atoms. The molecular weight excluding hydrogens is 404 g/mol. The van der Waals surface area contributed by atoms with Gasteiger partial charge in [-0.25, -0.2) is 0 Å². The van der Waals surface area contributed by atoms with Crippen molar-refractivity contribution in [1.29, 1.82) is 0 Å². The lowest BCUT2D eigenvalue weighted by Gasteiger charge is -2.34. The zero-order chi connectivity index (χ0) is 21.5. The molecular formula is C23H33ClN2O4. The summed E-state index contributed by atoms with van der Waals surface area (Å²) in [7, 11) is 1.54. The van der Waals surface area contributed by atoms with Crippen molar-refractivity contribution in [1.82, 2.24) is 9.80 Å². The van der Waals surface area contributed by atoms with Crippen LogP contribution in [-0.4, -0.2) is 61.5 Å². The first kappa shape index (κ1) is 22.7. The Labute approximate surface area is 184 Å². The van der Waals surface area contributed by atoms with Crippen molar-refractivity contribution in [2.75, 3.05) is 39.9 Å². The number of methoxy groups -OCH3 is 1. The van der Waals surface area contributed by atoms with Crippen LogP contribution in [0.25, 0.3) is 0 Å². The van der Waals surface area contributed by atoms with Crippen molar-refractivity contribution in [3.05, 3.63) is 22.7 Å². The molecule has 1 aromatic rings. The summed E-state index contributed by atoms with van der Waals surface area (Å²) in [4.78, 5) is 29.8. The first-order chi connectivity index (χ1) is 14.5. The third kappa shape index (κ3) is 5.39. The Bertz CT molecular complexity index is 739. The molecule has 7 heteroatoms. The number of amides is 2. The first-order valence-corrected chi connectivity index (χ1v) is 11.5. The molecule has 0 atom stereocenters. The molecule has 3 rings (SSSR count). The van der Waals surface area contributed by atoms with Crippen LogP contribution in [0.15, 0.2) is 12.1 Å². The minimum absolute atomic E-state index is 0.0232. The second-order valence-corrected chi connectivity index (χ2v) is 8.55. The summed E-state index contributed by atoms with van der Waals surface area (Å²) in [5, 5.41) is 0.373. The maximum atomic E-state index is 13.0. The lowest BCUT2D eigenvalue weighted by molar-refractivity contribution is -0.136. The highest BCUT2D eigenvalue weighted by molar-refractivity contribution is 6.32. The third-order valence-corrected chi connectivity index (χ3v) is 6.26. The van der Waals surface area contributed by atoms with Crippen molar-refractivity contribution in [3.63, 3.8) is 0 Å². The number of nitrogens with zero attached hydrogens (tertiary/aromatic N) is 2. The summed E-state index contributed by atoms with van der Waals surface area (Å²) < 4.78 is 11.1. The molecule has 2 heterocycles. The van der Waals surface area contributed by atoms with Gasteiger partial charge in [-0.05, 0) is 44.2 Å². The average Bonchev–Trinajstić information content (AvgIpc) is 3.06. The van der Waals surface area contributed by atoms with Crippen molar-refractivity contribution in [3.8, 4) is 11.5 Å². The van der Waals surface area contributed by atoms with Gasteiger partial charge >= 0.3 is 0 Å². The molecule has 0 unspecified atom stereocenters. The molecule has 0 radical (unpaired) electrons. The fourth-order valence-electron chi connectivity index (χ4n) is 4.25. The Morgan fingerprint density at radius 2 is 1.70 bits per heavy atom. The molecule has 0 spiro atoms. The Morgan fingerprint density at radius 1 is 1.03 bits per heavy atom. The molecule has 166 valence electrons. The Hall–Kier alpha value is -1.95. The minimum Gasteiger partial charge on any atom is -0.493 e. The second-order valence-electron chi connectivity index (χ2n) is 8.14. The van der Waals surface area contributed by atoms with Crippen LogP contribution in [0.5, 0.6) is 11.5 Å². The normalized spacial score (nSPS) is 18.1. The van der Waals surface area contributed by atoms with E-state index in [-0.39, 0.29) is 17.7 Å². The molecule has 0 aromatic heterocycles. The van der Waals surface area contributed by atoms with Crippen molar-refractivity contribution < 1.29 is 19.1 Å². The van der Waals surface area contributed by atoms with Gasteiger partial charge in [0.25, 0.3) is 5.91 Å². The van der Waals surface area contributed by atoms with Gasteiger partial charge in [-0.3, -0.25) is 9.59 Å². The van der Waals surface area contributed by atoms with Crippen LogP contribution >= 0.6 is 11.6 Å². The number of carbonyl (C=O) groups excluding carboxylic acids is 2. The van der Waals surface area contributed by atoms with E-state index in [0.29, 0.717) is 54.6 Å². The topological polar surface area (TPSA) is 59.1 Å². The fourth-order valence-corrected chi connectivity index (χ4v) is 4.51. The molecule has 0 saturated carbocycles. The lowest BCUT2D eigenvalue weighted by atomic mass is 9.94. The van der Waals surface area contributed by atoms with E-state index in [0.717, 1.165) is 32.4 Å². The van der Waals surface area contributed by atoms with Crippen LogP contribution < -0.4 is 9.47 Å². The van der Waals surface area contributed by atoms with Gasteiger partial charge in [0.05, 0.1) is 18.7 Å². The van der Waals surface area contributed by atoms with E-state index < -0.39 is 0 Å². The number of benzene rings is 1. The van der Waals surface area contributed by atoms with E-state index >= 15 is 0 Å². The van der Waals surface area contributed by atoms with Gasteiger partial charge < -0.3 is 19.3 Å². The van der Waals surface area contributed by atoms with Crippen molar-refractivity contribution in [2.24, 2.45) is 5.92 Å². The monoisotopic (exact) mass is 436 g/mol. The van der Waals surface area contributed by atoms with Crippen LogP contribution in [-0.2, 0) is 4.79 Å². The van der Waals surface area contributed by atoms with Crippen LogP contribution in [0.4, 0.5) is 0 Å². The van der Waals surface area contributed by atoms with Gasteiger partial charge in [0.1, 0.15) is 0 Å². The number of ether oxygens (including phenoxy) is 2. The zero-order valence-electron chi connectivity index (χ0n) is 18.1. The summed E-state index contributed by atoms with van der Waals surface area (Å²) >= 11 is 6.37. The quantitative estimate of drug-likeness (QED) is 0.663. The molecule has 2 saturated heterocycles. The van der Waals surface area contributed by atoms with Crippen molar-refractivity contribution >= 4 is 23.4 Å². The Morgan fingerprint density at radius 3 is 2.30 bits per heavy atom. The minimum atomic E-state index is -0.0853. The van der Waals surface area contributed by atoms with Crippen LogP contribution in [0, 0.1) is 5.92 Å². The number of piperidine rings is 1. The molecule has 0 N–H and O–H groups in total. The van der Waals surface area contributed by atoms with Gasteiger partial charge in [0.2, 0.25) is 5.91 Å². The molecule has 2 fully saturated rings. The van der Waals surface area contributed by atoms with E-state index in [1.165, 1.54) is 12.8 Å². The summed E-state index contributed by atoms with van der Waals surface area (Å²) in [6.45, 7) is 5.46. The standard InChI is InChI=1S/C23H33ClN2O4/c1-3-14-30-21-19(24)15-18(16-20(21)29-2)23(28)26-12-8-17(9-13-26)22(27)25-10-6-4-5-7-11-25/h15-17H,3-14H2,1-2H3. The number of hydrogen-bond acceptors (Lipinski definition) is 4. The fraction of sp³-hybridized carbons (Fsp3) is 0.652. The zero-order valence-corrected chi connectivity index (χ0v) is 18.9. The Balaban J connectivity index is 1.62. The van der Waals surface area contributed by atoms with E-state index in [4.69, 9.17) is 21.1 Å². The molecule has 2 aliphatic rings. The highest BCUT2D eigenvalue weighted by Crippen LogP contribution is 2.37. The van der Waals surface area contributed by atoms with Gasteiger partial charge in [-0.1, -0.05) is 31.4 Å². The number of hydrogen-bond donors (Lipinski definition) is 0. The molecule has 0 aliphatic carbocycles. The number of likely N-dealkylation sites (tertiary alicyclic amines) is 2. The Kier molecular flexibility index (Phi) is 8.25. The van der Waals surface area contributed by atoms with E-state index in [2.05, 4.69) is 0 Å². The molecule has 1 aromatic carbocycles. The number of rotatable bonds is 6. The van der Waals surface area contributed by atoms with E-state index in [9.17, 15) is 9.59 Å². The first-order valence-electron chi connectivity index (χ1n) is 11.1. The van der Waals surface area contributed by atoms with E-state index in [1.54, 1.807) is 19.2 Å². The summed E-state index contributed by atoms with van der Waals surface area (Å²) in [6, 6.07) is 3.33. The third-order valence-electron chi connectivity index (χ3n) is 5.98. The van der Waals surface area contributed by atoms with E-state index in [1.807, 2.05) is 16.7 Å². The molecule has 30 heavy (non-hydrogen) atoms.